The molecule has 0 aromatic carbocycles. The zero-order valence-electron chi connectivity index (χ0n) is 12.1. The van der Waals surface area contributed by atoms with Gasteiger partial charge in [-0.05, 0) is 19.0 Å². The fourth-order valence-electron chi connectivity index (χ4n) is 2.00. The molecule has 0 aromatic rings. The van der Waals surface area contributed by atoms with E-state index in [9.17, 15) is 0 Å². The molecule has 0 rings (SSSR count). The summed E-state index contributed by atoms with van der Waals surface area (Å²) in [5.74, 6) is 2.37. The van der Waals surface area contributed by atoms with Crippen LogP contribution < -0.4 is 0 Å². The predicted molar refractivity (Wildman–Crippen MR) is 84.5 cm³/mol. The van der Waals surface area contributed by atoms with Crippen molar-refractivity contribution in [1.29, 1.82) is 0 Å². The largest absolute Gasteiger partial charge is 0.0987 e. The van der Waals surface area contributed by atoms with E-state index < -0.39 is 0 Å². The summed E-state index contributed by atoms with van der Waals surface area (Å²) in [4.78, 5) is 0. The van der Waals surface area contributed by atoms with Gasteiger partial charge < -0.3 is 0 Å². The highest BCUT2D eigenvalue weighted by Crippen LogP contribution is 2.16. The number of unbranched alkanes of at least 4 members (excludes halogenated alkanes) is 9. The summed E-state index contributed by atoms with van der Waals surface area (Å²) in [6.07, 6.45) is 19.5. The Morgan fingerprint density at radius 1 is 0.706 bits per heavy atom. The molecule has 0 fully saturated rings. The lowest BCUT2D eigenvalue weighted by atomic mass is 10.1. The lowest BCUT2D eigenvalue weighted by Crippen LogP contribution is -1.82. The summed E-state index contributed by atoms with van der Waals surface area (Å²) < 4.78 is 0. The first-order chi connectivity index (χ1) is 8.41. The van der Waals surface area contributed by atoms with Crippen molar-refractivity contribution in [2.24, 2.45) is 0 Å². The van der Waals surface area contributed by atoms with E-state index in [1.54, 1.807) is 0 Å². The van der Waals surface area contributed by atoms with Gasteiger partial charge >= 0.3 is 0 Å². The molecule has 0 bridgehead atoms. The molecule has 102 valence electrons. The standard InChI is InChI=1S/C16H33P/c1-3-5-7-8-9-10-11-12-13-14-16-17-15-6-4-2/h6,15,17H,3-5,7-14,16H2,1-2H3/b15-6+. The van der Waals surface area contributed by atoms with Gasteiger partial charge in [0.15, 0.2) is 0 Å². The van der Waals surface area contributed by atoms with Crippen LogP contribution in [0.4, 0.5) is 0 Å². The maximum Gasteiger partial charge on any atom is -0.0319 e. The van der Waals surface area contributed by atoms with E-state index in [0.29, 0.717) is 0 Å². The van der Waals surface area contributed by atoms with Gasteiger partial charge in [-0.3, -0.25) is 0 Å². The molecule has 1 heteroatoms. The quantitative estimate of drug-likeness (QED) is 0.260. The first-order valence-electron chi connectivity index (χ1n) is 7.80. The molecule has 0 amide bonds. The molecule has 0 nitrogen and oxygen atoms in total. The van der Waals surface area contributed by atoms with E-state index >= 15 is 0 Å². The SMILES string of the molecule is CC/C=C/PCCCCCCCCCCCC. The maximum atomic E-state index is 2.37. The Morgan fingerprint density at radius 2 is 1.24 bits per heavy atom. The average molecular weight is 256 g/mol. The maximum absolute atomic E-state index is 2.37. The molecule has 0 aromatic heterocycles. The summed E-state index contributed by atoms with van der Waals surface area (Å²) in [5.41, 5.74) is 0. The van der Waals surface area contributed by atoms with Crippen LogP contribution >= 0.6 is 8.58 Å². The van der Waals surface area contributed by atoms with E-state index in [4.69, 9.17) is 0 Å². The van der Waals surface area contributed by atoms with Crippen molar-refractivity contribution in [3.05, 3.63) is 11.9 Å². The highest BCUT2D eigenvalue weighted by atomic mass is 31.1. The van der Waals surface area contributed by atoms with Gasteiger partial charge in [0.1, 0.15) is 0 Å². The molecule has 0 N–H and O–H groups in total. The third kappa shape index (κ3) is 16.2. The van der Waals surface area contributed by atoms with Gasteiger partial charge in [-0.25, -0.2) is 0 Å². The number of rotatable bonds is 13. The monoisotopic (exact) mass is 256 g/mol. The van der Waals surface area contributed by atoms with Crippen LogP contribution in [0, 0.1) is 0 Å². The summed E-state index contributed by atoms with van der Waals surface area (Å²) >= 11 is 0. The summed E-state index contributed by atoms with van der Waals surface area (Å²) in [5, 5.41) is 0. The van der Waals surface area contributed by atoms with Crippen LogP contribution in [0.25, 0.3) is 0 Å². The topological polar surface area (TPSA) is 0 Å². The third-order valence-corrected chi connectivity index (χ3v) is 4.26. The molecule has 0 aliphatic rings. The molecule has 1 atom stereocenters. The van der Waals surface area contributed by atoms with Gasteiger partial charge in [-0.15, -0.1) is 0 Å². The van der Waals surface area contributed by atoms with Gasteiger partial charge in [0.2, 0.25) is 0 Å². The normalized spacial score (nSPS) is 12.1. The molecule has 0 spiro atoms. The molecule has 0 radical (unpaired) electrons. The zero-order chi connectivity index (χ0) is 12.6. The highest BCUT2D eigenvalue weighted by Gasteiger charge is 1.92. The van der Waals surface area contributed by atoms with Gasteiger partial charge in [0.25, 0.3) is 0 Å². The van der Waals surface area contributed by atoms with E-state index in [0.717, 1.165) is 8.58 Å². The van der Waals surface area contributed by atoms with Crippen LogP contribution in [-0.2, 0) is 0 Å². The Hall–Kier alpha value is 0.170. The smallest absolute Gasteiger partial charge is 0.0319 e. The lowest BCUT2D eigenvalue weighted by molar-refractivity contribution is 0.563. The van der Waals surface area contributed by atoms with E-state index in [1.165, 1.54) is 76.8 Å². The minimum absolute atomic E-state index is 1.07. The lowest BCUT2D eigenvalue weighted by Gasteiger charge is -2.01. The Balaban J connectivity index is 2.91. The van der Waals surface area contributed by atoms with Crippen molar-refractivity contribution in [3.8, 4) is 0 Å². The first kappa shape index (κ1) is 17.2. The van der Waals surface area contributed by atoms with Crippen LogP contribution in [0.1, 0.15) is 84.5 Å². The second kappa shape index (κ2) is 16.2. The van der Waals surface area contributed by atoms with Gasteiger partial charge in [-0.2, -0.15) is 0 Å². The van der Waals surface area contributed by atoms with E-state index in [-0.39, 0.29) is 0 Å². The minimum atomic E-state index is 1.07. The van der Waals surface area contributed by atoms with Crippen LogP contribution in [0.5, 0.6) is 0 Å². The fraction of sp³-hybridized carbons (Fsp3) is 0.875. The summed E-state index contributed by atoms with van der Waals surface area (Å²) in [6, 6.07) is 0. The molecule has 0 aliphatic heterocycles. The number of allylic oxidation sites excluding steroid dienone is 1. The van der Waals surface area contributed by atoms with Crippen LogP contribution in [0.2, 0.25) is 0 Å². The van der Waals surface area contributed by atoms with Crippen molar-refractivity contribution in [1.82, 2.24) is 0 Å². The van der Waals surface area contributed by atoms with Gasteiger partial charge in [-0.1, -0.05) is 92.1 Å². The van der Waals surface area contributed by atoms with Crippen LogP contribution in [0.3, 0.4) is 0 Å². The summed E-state index contributed by atoms with van der Waals surface area (Å²) in [7, 11) is 1.07. The first-order valence-corrected chi connectivity index (χ1v) is 9.08. The number of hydrogen-bond acceptors (Lipinski definition) is 0. The second-order valence-corrected chi connectivity index (χ2v) is 6.19. The Kier molecular flexibility index (Phi) is 16.3. The second-order valence-electron chi connectivity index (χ2n) is 4.95. The molecular weight excluding hydrogens is 223 g/mol. The predicted octanol–water partition coefficient (Wildman–Crippen LogP) is 6.51. The molecule has 0 saturated heterocycles. The number of hydrogen-bond donors (Lipinski definition) is 0. The molecule has 1 unspecified atom stereocenters. The Bertz CT molecular complexity index is 152. The minimum Gasteiger partial charge on any atom is -0.0987 e. The summed E-state index contributed by atoms with van der Waals surface area (Å²) in [6.45, 7) is 4.50. The van der Waals surface area contributed by atoms with Crippen molar-refractivity contribution in [2.75, 3.05) is 6.16 Å². The molecule has 0 heterocycles. The Morgan fingerprint density at radius 3 is 1.76 bits per heavy atom. The molecule has 0 aliphatic carbocycles. The van der Waals surface area contributed by atoms with Crippen molar-refractivity contribution in [3.63, 3.8) is 0 Å². The van der Waals surface area contributed by atoms with Gasteiger partial charge in [0.05, 0.1) is 0 Å². The molecular formula is C16H33P. The van der Waals surface area contributed by atoms with Crippen molar-refractivity contribution < 1.29 is 0 Å². The van der Waals surface area contributed by atoms with Crippen molar-refractivity contribution >= 4 is 8.58 Å². The Labute approximate surface area is 111 Å². The highest BCUT2D eigenvalue weighted by molar-refractivity contribution is 7.41. The van der Waals surface area contributed by atoms with E-state index in [2.05, 4.69) is 25.7 Å². The zero-order valence-corrected chi connectivity index (χ0v) is 13.1. The molecule has 0 saturated carbocycles. The fourth-order valence-corrected chi connectivity index (χ4v) is 3.02. The average Bonchev–Trinajstić information content (AvgIpc) is 2.35. The van der Waals surface area contributed by atoms with Crippen molar-refractivity contribution in [2.45, 2.75) is 84.5 Å². The van der Waals surface area contributed by atoms with Crippen LogP contribution in [-0.4, -0.2) is 6.16 Å². The third-order valence-electron chi connectivity index (χ3n) is 3.15. The van der Waals surface area contributed by atoms with E-state index in [1.807, 2.05) is 0 Å². The van der Waals surface area contributed by atoms with Gasteiger partial charge in [0, 0.05) is 0 Å². The van der Waals surface area contributed by atoms with Crippen LogP contribution in [0.15, 0.2) is 11.9 Å². The molecule has 17 heavy (non-hydrogen) atoms.